The van der Waals surface area contributed by atoms with Crippen LogP contribution in [0.15, 0.2) is 30.3 Å². The first-order valence-electron chi connectivity index (χ1n) is 7.68. The fourth-order valence-corrected chi connectivity index (χ4v) is 2.39. The number of nitrogens with zero attached hydrogens (tertiary/aromatic N) is 2. The highest BCUT2D eigenvalue weighted by Gasteiger charge is 2.17. The Morgan fingerprint density at radius 2 is 2.17 bits per heavy atom. The van der Waals surface area contributed by atoms with E-state index in [1.54, 1.807) is 13.2 Å². The van der Waals surface area contributed by atoms with E-state index < -0.39 is 0 Å². The average molecular weight is 316 g/mol. The molecular weight excluding hydrogens is 292 g/mol. The number of aromatic nitrogens is 2. The minimum atomic E-state index is -0.171. The molecule has 0 aliphatic heterocycles. The van der Waals surface area contributed by atoms with Crippen molar-refractivity contribution in [3.05, 3.63) is 47.3 Å². The van der Waals surface area contributed by atoms with Crippen LogP contribution in [0.4, 0.5) is 0 Å². The molecule has 6 nitrogen and oxygen atoms in total. The Morgan fingerprint density at radius 1 is 1.39 bits per heavy atom. The molecule has 1 amide bonds. The summed E-state index contributed by atoms with van der Waals surface area (Å²) in [5, 5.41) is 9.84. The molecule has 0 saturated carbocycles. The second kappa shape index (κ2) is 7.78. The summed E-state index contributed by atoms with van der Waals surface area (Å²) in [7, 11) is 5.62. The molecule has 0 bridgehead atoms. The monoisotopic (exact) mass is 316 g/mol. The molecule has 2 rings (SSSR count). The van der Waals surface area contributed by atoms with Gasteiger partial charge in [0.1, 0.15) is 11.4 Å². The predicted octanol–water partition coefficient (Wildman–Crippen LogP) is 2.01. The highest BCUT2D eigenvalue weighted by Crippen LogP contribution is 2.22. The number of hydrogen-bond donors (Lipinski definition) is 2. The minimum absolute atomic E-state index is 0.0543. The number of rotatable bonds is 7. The van der Waals surface area contributed by atoms with Crippen LogP contribution in [-0.2, 0) is 6.42 Å². The second-order valence-corrected chi connectivity index (χ2v) is 5.60. The number of aromatic amines is 1. The predicted molar refractivity (Wildman–Crippen MR) is 89.7 cm³/mol. The van der Waals surface area contributed by atoms with E-state index in [1.807, 2.05) is 45.3 Å². The normalized spacial score (nSPS) is 12.2. The van der Waals surface area contributed by atoms with Crippen molar-refractivity contribution < 1.29 is 9.53 Å². The van der Waals surface area contributed by atoms with E-state index >= 15 is 0 Å². The van der Waals surface area contributed by atoms with E-state index in [0.717, 1.165) is 23.4 Å². The van der Waals surface area contributed by atoms with Gasteiger partial charge in [-0.3, -0.25) is 9.89 Å². The second-order valence-electron chi connectivity index (χ2n) is 5.60. The van der Waals surface area contributed by atoms with Crippen molar-refractivity contribution in [1.29, 1.82) is 0 Å². The van der Waals surface area contributed by atoms with Crippen LogP contribution in [0.25, 0.3) is 0 Å². The van der Waals surface area contributed by atoms with Gasteiger partial charge in [-0.25, -0.2) is 0 Å². The summed E-state index contributed by atoms with van der Waals surface area (Å²) in [6.07, 6.45) is 0.824. The molecule has 0 radical (unpaired) electrons. The Bertz CT molecular complexity index is 652. The lowest BCUT2D eigenvalue weighted by molar-refractivity contribution is 0.0937. The molecule has 0 aliphatic rings. The molecule has 6 heteroatoms. The highest BCUT2D eigenvalue weighted by atomic mass is 16.5. The first kappa shape index (κ1) is 17.0. The number of carbonyl (C=O) groups is 1. The molecule has 124 valence electrons. The van der Waals surface area contributed by atoms with Crippen LogP contribution in [0.2, 0.25) is 0 Å². The van der Waals surface area contributed by atoms with Crippen molar-refractivity contribution >= 4 is 5.91 Å². The third-order valence-electron chi connectivity index (χ3n) is 3.80. The van der Waals surface area contributed by atoms with E-state index in [-0.39, 0.29) is 11.9 Å². The third kappa shape index (κ3) is 4.32. The molecule has 2 N–H and O–H groups in total. The van der Waals surface area contributed by atoms with E-state index in [1.165, 1.54) is 0 Å². The van der Waals surface area contributed by atoms with Crippen molar-refractivity contribution in [2.45, 2.75) is 19.4 Å². The van der Waals surface area contributed by atoms with Crippen LogP contribution < -0.4 is 10.1 Å². The largest absolute Gasteiger partial charge is 0.497 e. The van der Waals surface area contributed by atoms with Crippen LogP contribution in [0, 0.1) is 0 Å². The molecule has 0 spiro atoms. The van der Waals surface area contributed by atoms with E-state index in [2.05, 4.69) is 20.4 Å². The number of nitrogens with one attached hydrogen (secondary N) is 2. The van der Waals surface area contributed by atoms with Gasteiger partial charge in [0.2, 0.25) is 0 Å². The fraction of sp³-hybridized carbons (Fsp3) is 0.412. The number of hydrogen-bond acceptors (Lipinski definition) is 4. The van der Waals surface area contributed by atoms with Gasteiger partial charge in [-0.1, -0.05) is 19.1 Å². The highest BCUT2D eigenvalue weighted by molar-refractivity contribution is 5.92. The van der Waals surface area contributed by atoms with Crippen LogP contribution in [-0.4, -0.2) is 48.8 Å². The summed E-state index contributed by atoms with van der Waals surface area (Å²) in [6, 6.07) is 9.71. The van der Waals surface area contributed by atoms with Gasteiger partial charge in [0.05, 0.1) is 13.2 Å². The molecule has 1 atom stereocenters. The quantitative estimate of drug-likeness (QED) is 0.820. The Kier molecular flexibility index (Phi) is 5.76. The first-order chi connectivity index (χ1) is 11.0. The summed E-state index contributed by atoms with van der Waals surface area (Å²) >= 11 is 0. The van der Waals surface area contributed by atoms with Gasteiger partial charge < -0.3 is 15.0 Å². The van der Waals surface area contributed by atoms with Gasteiger partial charge in [-0.15, -0.1) is 0 Å². The van der Waals surface area contributed by atoms with Gasteiger partial charge >= 0.3 is 0 Å². The zero-order chi connectivity index (χ0) is 16.8. The van der Waals surface area contributed by atoms with Gasteiger partial charge in [-0.05, 0) is 44.3 Å². The van der Waals surface area contributed by atoms with Gasteiger partial charge in [-0.2, -0.15) is 5.10 Å². The molecule has 0 fully saturated rings. The Balaban J connectivity index is 2.06. The maximum Gasteiger partial charge on any atom is 0.271 e. The lowest BCUT2D eigenvalue weighted by atomic mass is 10.1. The summed E-state index contributed by atoms with van der Waals surface area (Å²) < 4.78 is 5.27. The Labute approximate surface area is 136 Å². The maximum atomic E-state index is 12.2. The van der Waals surface area contributed by atoms with Crippen LogP contribution in [0.1, 0.15) is 34.7 Å². The smallest absolute Gasteiger partial charge is 0.271 e. The molecule has 0 aliphatic carbocycles. The number of amides is 1. The Hall–Kier alpha value is -2.34. The summed E-state index contributed by atoms with van der Waals surface area (Å²) in [6.45, 7) is 2.51. The van der Waals surface area contributed by atoms with Gasteiger partial charge in [0.15, 0.2) is 0 Å². The molecule has 2 aromatic rings. The van der Waals surface area contributed by atoms with E-state index in [9.17, 15) is 4.79 Å². The van der Waals surface area contributed by atoms with Crippen molar-refractivity contribution in [3.63, 3.8) is 0 Å². The maximum absolute atomic E-state index is 12.2. The number of H-pyrrole nitrogens is 1. The molecule has 1 aromatic heterocycles. The number of aryl methyl sites for hydroxylation is 1. The van der Waals surface area contributed by atoms with Crippen molar-refractivity contribution in [2.24, 2.45) is 0 Å². The van der Waals surface area contributed by atoms with E-state index in [4.69, 9.17) is 4.74 Å². The number of likely N-dealkylation sites (N-methyl/N-ethyl adjacent to an activating group) is 1. The number of methoxy groups -OCH3 is 1. The summed E-state index contributed by atoms with van der Waals surface area (Å²) in [5.41, 5.74) is 2.46. The van der Waals surface area contributed by atoms with Crippen molar-refractivity contribution in [3.8, 4) is 5.75 Å². The molecule has 23 heavy (non-hydrogen) atoms. The van der Waals surface area contributed by atoms with Crippen LogP contribution >= 0.6 is 0 Å². The van der Waals surface area contributed by atoms with Crippen LogP contribution in [0.3, 0.4) is 0 Å². The summed E-state index contributed by atoms with van der Waals surface area (Å²) in [5.74, 6) is 0.635. The van der Waals surface area contributed by atoms with Gasteiger partial charge in [0.25, 0.3) is 5.91 Å². The van der Waals surface area contributed by atoms with Crippen molar-refractivity contribution in [1.82, 2.24) is 20.4 Å². The molecule has 0 unspecified atom stereocenters. The fourth-order valence-electron chi connectivity index (χ4n) is 2.39. The summed E-state index contributed by atoms with van der Waals surface area (Å²) in [4.78, 5) is 14.3. The molecular formula is C17H24N4O2. The molecule has 1 heterocycles. The van der Waals surface area contributed by atoms with Gasteiger partial charge in [0, 0.05) is 12.2 Å². The number of carbonyl (C=O) groups excluding carboxylic acids is 1. The minimum Gasteiger partial charge on any atom is -0.497 e. The molecule has 1 aromatic carbocycles. The van der Waals surface area contributed by atoms with E-state index in [0.29, 0.717) is 12.2 Å². The number of ether oxygens (including phenoxy) is 1. The average Bonchev–Trinajstić information content (AvgIpc) is 3.04. The topological polar surface area (TPSA) is 70.2 Å². The number of benzene rings is 1. The Morgan fingerprint density at radius 3 is 2.78 bits per heavy atom. The zero-order valence-corrected chi connectivity index (χ0v) is 14.1. The molecule has 0 saturated heterocycles. The lowest BCUT2D eigenvalue weighted by Crippen LogP contribution is -2.34. The lowest BCUT2D eigenvalue weighted by Gasteiger charge is -2.25. The van der Waals surface area contributed by atoms with Crippen LogP contribution in [0.5, 0.6) is 5.75 Å². The SMILES string of the molecule is CCc1cc(C(=O)NC[C@@H](c2cccc(OC)c2)N(C)C)n[nH]1. The first-order valence-corrected chi connectivity index (χ1v) is 7.68. The third-order valence-corrected chi connectivity index (χ3v) is 3.80. The standard InChI is InChI=1S/C17H24N4O2/c1-5-13-10-15(20-19-13)17(22)18-11-16(21(2)3)12-7-6-8-14(9-12)23-4/h6-10,16H,5,11H2,1-4H3,(H,18,22)(H,19,20)/t16-/m0/s1. The zero-order valence-electron chi connectivity index (χ0n) is 14.1. The van der Waals surface area contributed by atoms with Crippen molar-refractivity contribution in [2.75, 3.05) is 27.7 Å².